The molecule has 0 atom stereocenters. The molecule has 11 heteroatoms. The number of alkyl halides is 3. The van der Waals surface area contributed by atoms with Crippen molar-refractivity contribution in [1.82, 2.24) is 14.3 Å². The number of hydrogen-bond acceptors (Lipinski definition) is 6. The molecule has 0 saturated carbocycles. The fraction of sp³-hybridized carbons (Fsp3) is 0.545. The van der Waals surface area contributed by atoms with Gasteiger partial charge in [0.1, 0.15) is 17.5 Å². The molecule has 33 heavy (non-hydrogen) atoms. The summed E-state index contributed by atoms with van der Waals surface area (Å²) in [5.74, 6) is 2.07. The van der Waals surface area contributed by atoms with Gasteiger partial charge in [0.15, 0.2) is 0 Å². The van der Waals surface area contributed by atoms with Crippen LogP contribution in [0.4, 0.5) is 24.8 Å². The van der Waals surface area contributed by atoms with Crippen LogP contribution in [0.25, 0.3) is 0 Å². The molecule has 4 rings (SSSR count). The summed E-state index contributed by atoms with van der Waals surface area (Å²) in [5, 5.41) is 0. The first-order valence-electron chi connectivity index (χ1n) is 11.1. The maximum absolute atomic E-state index is 12.8. The average Bonchev–Trinajstić information content (AvgIpc) is 2.79. The fourth-order valence-corrected chi connectivity index (χ4v) is 5.79. The number of aromatic nitrogens is 2. The second-order valence-corrected chi connectivity index (χ2v) is 10.5. The van der Waals surface area contributed by atoms with Crippen LogP contribution in [0.5, 0.6) is 0 Å². The number of anilines is 2. The summed E-state index contributed by atoms with van der Waals surface area (Å²) in [6.07, 6.45) is -0.918. The zero-order valence-electron chi connectivity index (χ0n) is 18.6. The van der Waals surface area contributed by atoms with Crippen molar-refractivity contribution in [3.63, 3.8) is 0 Å². The SMILES string of the molecule is Cc1nc(N2CCCCC2)cc(N2CCN(S(=O)(=O)Cc3ccc(C(F)(F)F)cc3)CC2)n1. The largest absolute Gasteiger partial charge is 0.416 e. The molecule has 2 aliphatic rings. The van der Waals surface area contributed by atoms with E-state index in [1.54, 1.807) is 0 Å². The summed E-state index contributed by atoms with van der Waals surface area (Å²) in [6.45, 7) is 5.39. The van der Waals surface area contributed by atoms with Gasteiger partial charge in [0.25, 0.3) is 0 Å². The molecule has 0 bridgehead atoms. The minimum atomic E-state index is -4.44. The molecule has 0 unspecified atom stereocenters. The van der Waals surface area contributed by atoms with Crippen molar-refractivity contribution < 1.29 is 21.6 Å². The van der Waals surface area contributed by atoms with E-state index in [1.807, 2.05) is 13.0 Å². The maximum Gasteiger partial charge on any atom is 0.416 e. The number of piperidine rings is 1. The third kappa shape index (κ3) is 5.75. The molecular formula is C22H28F3N5O2S. The first-order chi connectivity index (χ1) is 15.6. The van der Waals surface area contributed by atoms with Crippen molar-refractivity contribution >= 4 is 21.7 Å². The van der Waals surface area contributed by atoms with Crippen LogP contribution in [0.1, 0.15) is 36.2 Å². The van der Waals surface area contributed by atoms with Crippen molar-refractivity contribution in [2.75, 3.05) is 49.1 Å². The van der Waals surface area contributed by atoms with E-state index < -0.39 is 21.8 Å². The second-order valence-electron chi connectivity index (χ2n) is 8.52. The van der Waals surface area contributed by atoms with Gasteiger partial charge in [-0.15, -0.1) is 0 Å². The molecule has 1 aromatic carbocycles. The predicted molar refractivity (Wildman–Crippen MR) is 121 cm³/mol. The number of aryl methyl sites for hydroxylation is 1. The molecule has 2 aliphatic heterocycles. The standard InChI is InChI=1S/C22H28F3N5O2S/c1-17-26-20(28-9-3-2-4-10-28)15-21(27-17)29-11-13-30(14-12-29)33(31,32)16-18-5-7-19(8-6-18)22(23,24)25/h5-8,15H,2-4,9-14,16H2,1H3. The Hall–Kier alpha value is -2.40. The second kappa shape index (κ2) is 9.46. The Labute approximate surface area is 192 Å². The highest BCUT2D eigenvalue weighted by Crippen LogP contribution is 2.29. The molecule has 2 fully saturated rings. The van der Waals surface area contributed by atoms with E-state index in [1.165, 1.54) is 22.9 Å². The summed E-state index contributed by atoms with van der Waals surface area (Å²) >= 11 is 0. The highest BCUT2D eigenvalue weighted by molar-refractivity contribution is 7.88. The van der Waals surface area contributed by atoms with Gasteiger partial charge in [0.05, 0.1) is 11.3 Å². The normalized spacial score (nSPS) is 18.5. The molecule has 7 nitrogen and oxygen atoms in total. The van der Waals surface area contributed by atoms with Crippen LogP contribution in [0.2, 0.25) is 0 Å². The molecule has 2 aromatic rings. The number of hydrogen-bond donors (Lipinski definition) is 0. The summed E-state index contributed by atoms with van der Waals surface area (Å²) in [5.41, 5.74) is -0.454. The van der Waals surface area contributed by atoms with E-state index in [-0.39, 0.29) is 5.75 Å². The van der Waals surface area contributed by atoms with E-state index in [0.29, 0.717) is 37.6 Å². The Balaban J connectivity index is 1.39. The molecular weight excluding hydrogens is 455 g/mol. The van der Waals surface area contributed by atoms with Gasteiger partial charge in [-0.05, 0) is 43.9 Å². The van der Waals surface area contributed by atoms with E-state index in [9.17, 15) is 21.6 Å². The molecule has 180 valence electrons. The van der Waals surface area contributed by atoms with Crippen LogP contribution in [0.15, 0.2) is 30.3 Å². The van der Waals surface area contributed by atoms with Crippen molar-refractivity contribution in [3.8, 4) is 0 Å². The monoisotopic (exact) mass is 483 g/mol. The lowest BCUT2D eigenvalue weighted by atomic mass is 10.1. The summed E-state index contributed by atoms with van der Waals surface area (Å²) in [4.78, 5) is 13.5. The Morgan fingerprint density at radius 1 is 0.848 bits per heavy atom. The zero-order chi connectivity index (χ0) is 23.6. The van der Waals surface area contributed by atoms with E-state index in [2.05, 4.69) is 19.8 Å². The molecule has 0 N–H and O–H groups in total. The minimum Gasteiger partial charge on any atom is -0.356 e. The number of rotatable bonds is 5. The third-order valence-corrected chi connectivity index (χ3v) is 7.93. The van der Waals surface area contributed by atoms with Crippen molar-refractivity contribution in [2.45, 2.75) is 38.1 Å². The van der Waals surface area contributed by atoms with E-state index >= 15 is 0 Å². The fourth-order valence-electron chi connectivity index (χ4n) is 4.27. The number of benzene rings is 1. The van der Waals surface area contributed by atoms with Crippen LogP contribution < -0.4 is 9.80 Å². The molecule has 0 spiro atoms. The quantitative estimate of drug-likeness (QED) is 0.649. The summed E-state index contributed by atoms with van der Waals surface area (Å²) in [6, 6.07) is 6.26. The Kier molecular flexibility index (Phi) is 6.81. The van der Waals surface area contributed by atoms with Gasteiger partial charge in [-0.1, -0.05) is 12.1 Å². The summed E-state index contributed by atoms with van der Waals surface area (Å²) < 4.78 is 65.3. The van der Waals surface area contributed by atoms with Gasteiger partial charge in [-0.3, -0.25) is 0 Å². The van der Waals surface area contributed by atoms with Gasteiger partial charge in [0.2, 0.25) is 10.0 Å². The lowest BCUT2D eigenvalue weighted by Gasteiger charge is -2.35. The summed E-state index contributed by atoms with van der Waals surface area (Å²) in [7, 11) is -3.64. The Bertz CT molecular complexity index is 1060. The van der Waals surface area contributed by atoms with Gasteiger partial charge < -0.3 is 9.80 Å². The number of sulfonamides is 1. The number of halogens is 3. The van der Waals surface area contributed by atoms with E-state index in [0.717, 1.165) is 49.7 Å². The van der Waals surface area contributed by atoms with Crippen molar-refractivity contribution in [2.24, 2.45) is 0 Å². The lowest BCUT2D eigenvalue weighted by molar-refractivity contribution is -0.137. The highest BCUT2D eigenvalue weighted by atomic mass is 32.2. The predicted octanol–water partition coefficient (Wildman–Crippen LogP) is 3.45. The topological polar surface area (TPSA) is 69.6 Å². The van der Waals surface area contributed by atoms with Crippen molar-refractivity contribution in [3.05, 3.63) is 47.3 Å². The molecule has 0 amide bonds. The van der Waals surface area contributed by atoms with Gasteiger partial charge >= 0.3 is 6.18 Å². The molecule has 1 aromatic heterocycles. The lowest BCUT2D eigenvalue weighted by Crippen LogP contribution is -2.49. The number of nitrogens with zero attached hydrogens (tertiary/aromatic N) is 5. The van der Waals surface area contributed by atoms with Crippen molar-refractivity contribution in [1.29, 1.82) is 0 Å². The first kappa shape index (κ1) is 23.7. The van der Waals surface area contributed by atoms with E-state index in [4.69, 9.17) is 0 Å². The smallest absolute Gasteiger partial charge is 0.356 e. The third-order valence-electron chi connectivity index (χ3n) is 6.08. The molecule has 0 radical (unpaired) electrons. The average molecular weight is 484 g/mol. The molecule has 0 aliphatic carbocycles. The van der Waals surface area contributed by atoms with Crippen LogP contribution in [-0.4, -0.2) is 62.0 Å². The maximum atomic E-state index is 12.8. The van der Waals surface area contributed by atoms with Gasteiger partial charge in [-0.2, -0.15) is 17.5 Å². The van der Waals surface area contributed by atoms with Crippen LogP contribution in [0.3, 0.4) is 0 Å². The number of piperazine rings is 1. The minimum absolute atomic E-state index is 0.297. The van der Waals surface area contributed by atoms with Crippen LogP contribution in [-0.2, 0) is 22.0 Å². The molecule has 2 saturated heterocycles. The van der Waals surface area contributed by atoms with Crippen LogP contribution >= 0.6 is 0 Å². The first-order valence-corrected chi connectivity index (χ1v) is 12.7. The van der Waals surface area contributed by atoms with Gasteiger partial charge in [-0.25, -0.2) is 18.4 Å². The molecule has 3 heterocycles. The van der Waals surface area contributed by atoms with Crippen LogP contribution in [0, 0.1) is 6.92 Å². The Morgan fingerprint density at radius 2 is 1.39 bits per heavy atom. The van der Waals surface area contributed by atoms with Gasteiger partial charge in [0, 0.05) is 45.3 Å². The highest BCUT2D eigenvalue weighted by Gasteiger charge is 2.31. The zero-order valence-corrected chi connectivity index (χ0v) is 19.4. The Morgan fingerprint density at radius 3 is 1.94 bits per heavy atom.